The van der Waals surface area contributed by atoms with Crippen molar-refractivity contribution in [3.63, 3.8) is 0 Å². The smallest absolute Gasteiger partial charge is 0.354 e. The number of phenolic OH excluding ortho intramolecular Hbond substituents is 2. The Hall–Kier alpha value is -5.14. The lowest BCUT2D eigenvalue weighted by Gasteiger charge is -2.41. The summed E-state index contributed by atoms with van der Waals surface area (Å²) in [6.45, 7) is 3.20. The van der Waals surface area contributed by atoms with Crippen molar-refractivity contribution in [3.05, 3.63) is 34.9 Å². The van der Waals surface area contributed by atoms with E-state index in [0.717, 1.165) is 14.2 Å². The van der Waals surface area contributed by atoms with E-state index in [0.29, 0.717) is 0 Å². The summed E-state index contributed by atoms with van der Waals surface area (Å²) in [6, 6.07) is 3.82. The molecule has 2 aromatic rings. The van der Waals surface area contributed by atoms with E-state index in [1.54, 1.807) is 13.8 Å². The van der Waals surface area contributed by atoms with Crippen LogP contribution in [0.5, 0.6) is 23.0 Å². The number of cyclic esters (lactones) is 2. The quantitative estimate of drug-likeness (QED) is 0.358. The standard InChI is InChI=1S/C32H30O14/c1-13-9-17(34)25-18(35)11-31(29(39)41-3,20-7-8-21(37)43-20)46-27(25)23(13)15-5-6-16(33)24-19(36)12-32(30(40)42-4,45-26(15)24)28-14(2)10-22(38)44-28/h5-6,9,14,20,28,33-34H,7-8,10-12H2,1-4H3. The first-order chi connectivity index (χ1) is 21.8. The number of esters is 4. The van der Waals surface area contributed by atoms with E-state index in [4.69, 9.17) is 28.4 Å². The Morgan fingerprint density at radius 3 is 2.02 bits per heavy atom. The first-order valence-electron chi connectivity index (χ1n) is 14.5. The molecule has 14 nitrogen and oxygen atoms in total. The molecule has 14 heteroatoms. The number of Topliss-reactive ketones (excluding diaryl/α,β-unsaturated/α-hetero) is 2. The molecule has 5 unspecified atom stereocenters. The molecule has 0 amide bonds. The molecule has 0 spiro atoms. The van der Waals surface area contributed by atoms with Crippen LogP contribution in [0.15, 0.2) is 18.2 Å². The van der Waals surface area contributed by atoms with Crippen LogP contribution in [0, 0.1) is 12.8 Å². The van der Waals surface area contributed by atoms with Gasteiger partial charge in [0.15, 0.2) is 23.8 Å². The van der Waals surface area contributed by atoms with Gasteiger partial charge in [-0.3, -0.25) is 19.2 Å². The van der Waals surface area contributed by atoms with Crippen molar-refractivity contribution in [3.8, 4) is 34.1 Å². The molecule has 2 aromatic carbocycles. The number of aryl methyl sites for hydroxylation is 1. The molecule has 46 heavy (non-hydrogen) atoms. The predicted molar refractivity (Wildman–Crippen MR) is 151 cm³/mol. The maximum atomic E-state index is 13.8. The van der Waals surface area contributed by atoms with Crippen molar-refractivity contribution in [2.45, 2.75) is 69.4 Å². The number of rotatable bonds is 5. The van der Waals surface area contributed by atoms with Gasteiger partial charge in [0.2, 0.25) is 11.2 Å². The van der Waals surface area contributed by atoms with E-state index >= 15 is 0 Å². The molecule has 0 bridgehead atoms. The number of hydrogen-bond donors (Lipinski definition) is 2. The molecule has 0 saturated carbocycles. The summed E-state index contributed by atoms with van der Waals surface area (Å²) in [5.41, 5.74) is -4.53. The van der Waals surface area contributed by atoms with Gasteiger partial charge >= 0.3 is 23.9 Å². The number of ketones is 2. The lowest BCUT2D eigenvalue weighted by Crippen LogP contribution is -2.59. The fourth-order valence-corrected chi connectivity index (χ4v) is 6.95. The Morgan fingerprint density at radius 1 is 0.826 bits per heavy atom. The monoisotopic (exact) mass is 638 g/mol. The fourth-order valence-electron chi connectivity index (χ4n) is 6.95. The molecule has 2 N–H and O–H groups in total. The van der Waals surface area contributed by atoms with E-state index < -0.39 is 89.1 Å². The highest BCUT2D eigenvalue weighted by atomic mass is 16.6. The minimum atomic E-state index is -2.15. The van der Waals surface area contributed by atoms with E-state index in [9.17, 15) is 39.0 Å². The molecule has 0 radical (unpaired) electrons. The van der Waals surface area contributed by atoms with Crippen molar-refractivity contribution in [2.75, 3.05) is 14.2 Å². The second-order valence-electron chi connectivity index (χ2n) is 11.9. The molecule has 5 atom stereocenters. The number of ether oxygens (including phenoxy) is 6. The molecule has 0 aromatic heterocycles. The minimum absolute atomic E-state index is 0.0248. The predicted octanol–water partition coefficient (Wildman–Crippen LogP) is 2.48. The van der Waals surface area contributed by atoms with Crippen LogP contribution in [0.4, 0.5) is 0 Å². The van der Waals surface area contributed by atoms with Gasteiger partial charge in [0, 0.05) is 23.5 Å². The van der Waals surface area contributed by atoms with Gasteiger partial charge in [0.1, 0.15) is 34.1 Å². The number of benzene rings is 2. The van der Waals surface area contributed by atoms with Crippen molar-refractivity contribution < 1.29 is 67.4 Å². The van der Waals surface area contributed by atoms with Gasteiger partial charge < -0.3 is 38.6 Å². The van der Waals surface area contributed by atoms with Crippen molar-refractivity contribution in [1.29, 1.82) is 0 Å². The summed E-state index contributed by atoms with van der Waals surface area (Å²) in [4.78, 5) is 78.6. The Bertz CT molecular complexity index is 1740. The van der Waals surface area contributed by atoms with Crippen LogP contribution >= 0.6 is 0 Å². The van der Waals surface area contributed by atoms with Crippen molar-refractivity contribution in [1.82, 2.24) is 0 Å². The number of aromatic hydroxyl groups is 2. The maximum absolute atomic E-state index is 13.8. The lowest BCUT2D eigenvalue weighted by atomic mass is 9.78. The second kappa shape index (κ2) is 10.7. The van der Waals surface area contributed by atoms with Crippen molar-refractivity contribution in [2.24, 2.45) is 5.92 Å². The third-order valence-electron chi connectivity index (χ3n) is 9.03. The third-order valence-corrected chi connectivity index (χ3v) is 9.03. The summed E-state index contributed by atoms with van der Waals surface area (Å²) in [5, 5.41) is 21.8. The van der Waals surface area contributed by atoms with E-state index in [1.165, 1.54) is 18.2 Å². The highest BCUT2D eigenvalue weighted by molar-refractivity contribution is 6.11. The zero-order valence-electron chi connectivity index (χ0n) is 25.3. The Kier molecular flexibility index (Phi) is 7.21. The SMILES string of the molecule is COC(=O)C1(C2CCC(=O)O2)CC(=O)c2c(O)cc(C)c(-c3ccc(O)c4c3OC(C(=O)OC)(C3OC(=O)CC3C)CC4=O)c2O1. The van der Waals surface area contributed by atoms with Gasteiger partial charge in [-0.2, -0.15) is 0 Å². The normalized spacial score (nSPS) is 28.3. The Labute approximate surface area is 261 Å². The number of carbonyl (C=O) groups excluding carboxylic acids is 6. The number of carbonyl (C=O) groups is 6. The van der Waals surface area contributed by atoms with Gasteiger partial charge in [-0.1, -0.05) is 6.92 Å². The van der Waals surface area contributed by atoms with Crippen LogP contribution in [0.25, 0.3) is 11.1 Å². The minimum Gasteiger partial charge on any atom is -0.507 e. The number of phenols is 2. The van der Waals surface area contributed by atoms with Gasteiger partial charge in [-0.25, -0.2) is 9.59 Å². The first-order valence-corrected chi connectivity index (χ1v) is 14.5. The van der Waals surface area contributed by atoms with Gasteiger partial charge in [0.25, 0.3) is 0 Å². The third kappa shape index (κ3) is 4.37. The molecule has 0 aliphatic carbocycles. The number of hydrogen-bond acceptors (Lipinski definition) is 14. The zero-order valence-corrected chi connectivity index (χ0v) is 25.3. The molecular formula is C32H30O14. The average Bonchev–Trinajstić information content (AvgIpc) is 3.60. The highest BCUT2D eigenvalue weighted by Crippen LogP contribution is 2.54. The van der Waals surface area contributed by atoms with Gasteiger partial charge in [-0.05, 0) is 37.1 Å². The van der Waals surface area contributed by atoms with Crippen LogP contribution in [0.2, 0.25) is 0 Å². The summed E-state index contributed by atoms with van der Waals surface area (Å²) >= 11 is 0. The zero-order chi connectivity index (χ0) is 33.3. The number of fused-ring (bicyclic) bond motifs is 2. The van der Waals surface area contributed by atoms with Crippen LogP contribution in [0.1, 0.15) is 65.3 Å². The van der Waals surface area contributed by atoms with E-state index in [1.807, 2.05) is 0 Å². The molecule has 4 heterocycles. The van der Waals surface area contributed by atoms with Crippen LogP contribution in [0.3, 0.4) is 0 Å². The summed E-state index contributed by atoms with van der Waals surface area (Å²) in [6.07, 6.45) is -3.76. The molecule has 4 aliphatic heterocycles. The maximum Gasteiger partial charge on any atom is 0.354 e. The lowest BCUT2D eigenvalue weighted by molar-refractivity contribution is -0.178. The fraction of sp³-hybridized carbons (Fsp3) is 0.438. The molecule has 4 aliphatic rings. The first kappa shape index (κ1) is 30.9. The molecule has 242 valence electrons. The average molecular weight is 639 g/mol. The van der Waals surface area contributed by atoms with Crippen LogP contribution in [-0.4, -0.2) is 83.3 Å². The second-order valence-corrected chi connectivity index (χ2v) is 11.9. The molecular weight excluding hydrogens is 608 g/mol. The van der Waals surface area contributed by atoms with Gasteiger partial charge in [-0.15, -0.1) is 0 Å². The Morgan fingerprint density at radius 2 is 1.43 bits per heavy atom. The van der Waals surface area contributed by atoms with Crippen LogP contribution in [-0.2, 0) is 38.1 Å². The summed E-state index contributed by atoms with van der Waals surface area (Å²) in [7, 11) is 2.16. The molecule has 2 saturated heterocycles. The van der Waals surface area contributed by atoms with Crippen molar-refractivity contribution >= 4 is 35.4 Å². The highest BCUT2D eigenvalue weighted by Gasteiger charge is 2.61. The molecule has 2 fully saturated rings. The topological polar surface area (TPSA) is 198 Å². The number of methoxy groups -OCH3 is 2. The summed E-state index contributed by atoms with van der Waals surface area (Å²) in [5.74, 6) is -6.82. The van der Waals surface area contributed by atoms with Crippen LogP contribution < -0.4 is 9.47 Å². The van der Waals surface area contributed by atoms with E-state index in [-0.39, 0.29) is 58.6 Å². The van der Waals surface area contributed by atoms with E-state index in [2.05, 4.69) is 0 Å². The largest absolute Gasteiger partial charge is 0.507 e. The Balaban J connectivity index is 1.60. The molecule has 6 rings (SSSR count). The van der Waals surface area contributed by atoms with Gasteiger partial charge in [0.05, 0.1) is 33.5 Å². The summed E-state index contributed by atoms with van der Waals surface area (Å²) < 4.78 is 33.6.